The van der Waals surface area contributed by atoms with Gasteiger partial charge in [-0.2, -0.15) is 15.8 Å². The van der Waals surface area contributed by atoms with Gasteiger partial charge in [-0.25, -0.2) is 0 Å². The maximum atomic E-state index is 9.09. The smallest absolute Gasteiger partial charge is 0.0994 e. The molecule has 3 nitrogen and oxygen atoms in total. The zero-order valence-electron chi connectivity index (χ0n) is 7.94. The summed E-state index contributed by atoms with van der Waals surface area (Å²) >= 11 is 0. The van der Waals surface area contributed by atoms with Crippen molar-refractivity contribution in [1.29, 1.82) is 15.8 Å². The van der Waals surface area contributed by atoms with E-state index in [1.165, 1.54) is 0 Å². The molecule has 70 valence electrons. The highest BCUT2D eigenvalue weighted by atomic mass is 14.6. The lowest BCUT2D eigenvalue weighted by molar-refractivity contribution is 0.848. The van der Waals surface area contributed by atoms with Crippen molar-refractivity contribution >= 4 is 0 Å². The highest BCUT2D eigenvalue weighted by Gasteiger charge is 2.57. The molecular formula is C12H7N3. The topological polar surface area (TPSA) is 71.4 Å². The molecule has 0 bridgehead atoms. The molecule has 0 aromatic heterocycles. The Morgan fingerprint density at radius 1 is 1.27 bits per heavy atom. The summed E-state index contributed by atoms with van der Waals surface area (Å²) < 4.78 is 0. The molecule has 1 saturated carbocycles. The van der Waals surface area contributed by atoms with Crippen LogP contribution in [0.4, 0.5) is 0 Å². The SMILES string of the molecule is N#Cc1cccc(C2(C#N)CC2C#N)c1. The monoisotopic (exact) mass is 193 g/mol. The van der Waals surface area contributed by atoms with Crippen LogP contribution < -0.4 is 0 Å². The molecule has 1 aromatic carbocycles. The van der Waals surface area contributed by atoms with E-state index in [0.29, 0.717) is 12.0 Å². The molecule has 1 aliphatic rings. The molecule has 1 fully saturated rings. The fourth-order valence-electron chi connectivity index (χ4n) is 1.79. The number of benzene rings is 1. The normalized spacial score (nSPS) is 27.1. The molecule has 2 rings (SSSR count). The van der Waals surface area contributed by atoms with Gasteiger partial charge in [0.25, 0.3) is 0 Å². The Hall–Kier alpha value is -2.31. The van der Waals surface area contributed by atoms with E-state index in [9.17, 15) is 0 Å². The predicted octanol–water partition coefficient (Wildman–Crippen LogP) is 1.86. The molecule has 0 aliphatic heterocycles. The van der Waals surface area contributed by atoms with E-state index in [1.807, 2.05) is 6.07 Å². The molecule has 3 heteroatoms. The summed E-state index contributed by atoms with van der Waals surface area (Å²) in [6, 6.07) is 13.3. The zero-order chi connectivity index (χ0) is 10.9. The van der Waals surface area contributed by atoms with Crippen LogP contribution in [-0.4, -0.2) is 0 Å². The first-order valence-corrected chi connectivity index (χ1v) is 4.58. The standard InChI is InChI=1S/C12H7N3/c13-6-9-2-1-3-10(4-9)12(8-15)5-11(12)7-14/h1-4,11H,5H2. The second-order valence-electron chi connectivity index (χ2n) is 3.66. The van der Waals surface area contributed by atoms with Crippen molar-refractivity contribution in [3.63, 3.8) is 0 Å². The van der Waals surface area contributed by atoms with Gasteiger partial charge in [-0.1, -0.05) is 12.1 Å². The second-order valence-corrected chi connectivity index (χ2v) is 3.66. The second kappa shape index (κ2) is 3.12. The molecule has 0 spiro atoms. The van der Waals surface area contributed by atoms with E-state index in [4.69, 9.17) is 15.8 Å². The van der Waals surface area contributed by atoms with E-state index in [0.717, 1.165) is 5.56 Å². The fraction of sp³-hybridized carbons (Fsp3) is 0.250. The van der Waals surface area contributed by atoms with Crippen LogP contribution in [0.15, 0.2) is 24.3 Å². The fourth-order valence-corrected chi connectivity index (χ4v) is 1.79. The summed E-state index contributed by atoms with van der Waals surface area (Å²) in [5.74, 6) is -0.226. The molecule has 0 radical (unpaired) electrons. The minimum absolute atomic E-state index is 0.226. The van der Waals surface area contributed by atoms with Crippen molar-refractivity contribution in [3.8, 4) is 18.2 Å². The number of nitriles is 3. The van der Waals surface area contributed by atoms with E-state index in [1.54, 1.807) is 24.3 Å². The third kappa shape index (κ3) is 1.25. The van der Waals surface area contributed by atoms with Gasteiger partial charge in [0.15, 0.2) is 0 Å². The van der Waals surface area contributed by atoms with Crippen LogP contribution in [0, 0.1) is 39.9 Å². The summed E-state index contributed by atoms with van der Waals surface area (Å²) in [4.78, 5) is 0. The minimum Gasteiger partial charge on any atom is -0.198 e. The third-order valence-corrected chi connectivity index (χ3v) is 2.82. The third-order valence-electron chi connectivity index (χ3n) is 2.82. The number of nitrogens with zero attached hydrogens (tertiary/aromatic N) is 3. The maximum Gasteiger partial charge on any atom is 0.0994 e. The Kier molecular flexibility index (Phi) is 1.93. The van der Waals surface area contributed by atoms with Crippen molar-refractivity contribution in [3.05, 3.63) is 35.4 Å². The zero-order valence-corrected chi connectivity index (χ0v) is 7.94. The Labute approximate surface area is 87.8 Å². The van der Waals surface area contributed by atoms with Gasteiger partial charge in [0, 0.05) is 0 Å². The Bertz CT molecular complexity index is 527. The van der Waals surface area contributed by atoms with E-state index < -0.39 is 5.41 Å². The van der Waals surface area contributed by atoms with Gasteiger partial charge in [0.2, 0.25) is 0 Å². The molecule has 2 atom stereocenters. The minimum atomic E-state index is -0.665. The van der Waals surface area contributed by atoms with Crippen molar-refractivity contribution < 1.29 is 0 Å². The lowest BCUT2D eigenvalue weighted by atomic mass is 9.94. The molecule has 0 amide bonds. The maximum absolute atomic E-state index is 9.09. The number of rotatable bonds is 1. The Balaban J connectivity index is 2.45. The molecule has 1 aliphatic carbocycles. The van der Waals surface area contributed by atoms with E-state index >= 15 is 0 Å². The summed E-state index contributed by atoms with van der Waals surface area (Å²) in [6.45, 7) is 0. The first kappa shape index (κ1) is 9.25. The van der Waals surface area contributed by atoms with E-state index in [-0.39, 0.29) is 5.92 Å². The first-order valence-electron chi connectivity index (χ1n) is 4.58. The van der Waals surface area contributed by atoms with Gasteiger partial charge < -0.3 is 0 Å². The highest BCUT2D eigenvalue weighted by molar-refractivity contribution is 5.47. The van der Waals surface area contributed by atoms with Gasteiger partial charge in [-0.15, -0.1) is 0 Å². The van der Waals surface area contributed by atoms with Crippen LogP contribution in [0.5, 0.6) is 0 Å². The van der Waals surface area contributed by atoms with Crippen molar-refractivity contribution in [2.45, 2.75) is 11.8 Å². The molecule has 0 N–H and O–H groups in total. The number of hydrogen-bond acceptors (Lipinski definition) is 3. The summed E-state index contributed by atoms with van der Waals surface area (Å²) in [5, 5.41) is 26.6. The van der Waals surface area contributed by atoms with Crippen molar-refractivity contribution in [2.24, 2.45) is 5.92 Å². The molecule has 0 saturated heterocycles. The molecular weight excluding hydrogens is 186 g/mol. The first-order chi connectivity index (χ1) is 7.26. The molecule has 1 aromatic rings. The quantitative estimate of drug-likeness (QED) is 0.683. The molecule has 2 unspecified atom stereocenters. The molecule has 15 heavy (non-hydrogen) atoms. The van der Waals surface area contributed by atoms with Gasteiger partial charge in [-0.3, -0.25) is 0 Å². The average molecular weight is 193 g/mol. The van der Waals surface area contributed by atoms with E-state index in [2.05, 4.69) is 12.1 Å². The predicted molar refractivity (Wildman–Crippen MR) is 52.2 cm³/mol. The van der Waals surface area contributed by atoms with Crippen LogP contribution in [0.2, 0.25) is 0 Å². The van der Waals surface area contributed by atoms with Crippen LogP contribution in [0.1, 0.15) is 17.5 Å². The summed E-state index contributed by atoms with van der Waals surface area (Å²) in [7, 11) is 0. The van der Waals surface area contributed by atoms with Gasteiger partial charge in [0.1, 0.15) is 0 Å². The van der Waals surface area contributed by atoms with Crippen molar-refractivity contribution in [1.82, 2.24) is 0 Å². The lowest BCUT2D eigenvalue weighted by Gasteiger charge is -2.06. The Morgan fingerprint density at radius 3 is 2.60 bits per heavy atom. The van der Waals surface area contributed by atoms with Crippen LogP contribution in [0.25, 0.3) is 0 Å². The van der Waals surface area contributed by atoms with Crippen LogP contribution >= 0.6 is 0 Å². The van der Waals surface area contributed by atoms with Crippen LogP contribution in [0.3, 0.4) is 0 Å². The molecule has 0 heterocycles. The lowest BCUT2D eigenvalue weighted by Crippen LogP contribution is -2.06. The number of hydrogen-bond donors (Lipinski definition) is 0. The van der Waals surface area contributed by atoms with Crippen molar-refractivity contribution in [2.75, 3.05) is 0 Å². The summed E-state index contributed by atoms with van der Waals surface area (Å²) in [6.07, 6.45) is 0.578. The van der Waals surface area contributed by atoms with Crippen LogP contribution in [-0.2, 0) is 5.41 Å². The summed E-state index contributed by atoms with van der Waals surface area (Å²) in [5.41, 5.74) is 0.656. The highest BCUT2D eigenvalue weighted by Crippen LogP contribution is 2.53. The Morgan fingerprint density at radius 2 is 2.07 bits per heavy atom. The van der Waals surface area contributed by atoms with Gasteiger partial charge in [0.05, 0.1) is 35.1 Å². The largest absolute Gasteiger partial charge is 0.198 e. The van der Waals surface area contributed by atoms with Gasteiger partial charge in [-0.05, 0) is 24.1 Å². The average Bonchev–Trinajstić information content (AvgIpc) is 3.04. The van der Waals surface area contributed by atoms with Gasteiger partial charge >= 0.3 is 0 Å².